The van der Waals surface area contributed by atoms with Gasteiger partial charge in [-0.25, -0.2) is 9.97 Å². The molecule has 0 saturated heterocycles. The molecule has 0 amide bonds. The molecule has 1 N–H and O–H groups in total. The minimum absolute atomic E-state index is 0.315. The number of benzene rings is 1. The fraction of sp³-hybridized carbons (Fsp3) is 0.160. The lowest BCUT2D eigenvalue weighted by atomic mass is 10.2. The predicted molar refractivity (Wildman–Crippen MR) is 123 cm³/mol. The van der Waals surface area contributed by atoms with Gasteiger partial charge >= 0.3 is 0 Å². The van der Waals surface area contributed by atoms with E-state index in [0.717, 1.165) is 22.5 Å². The van der Waals surface area contributed by atoms with Crippen molar-refractivity contribution in [1.82, 2.24) is 19.5 Å². The zero-order chi connectivity index (χ0) is 22.9. The number of aromatic nitrogens is 4. The van der Waals surface area contributed by atoms with Crippen LogP contribution in [0.1, 0.15) is 24.2 Å². The average molecular weight is 435 g/mol. The second-order valence-electron chi connectivity index (χ2n) is 7.19. The normalized spacial score (nSPS) is 10.2. The highest BCUT2D eigenvalue weighted by atomic mass is 16.5. The first-order valence-electron chi connectivity index (χ1n) is 10.5. The van der Waals surface area contributed by atoms with Gasteiger partial charge in [-0.1, -0.05) is 6.07 Å². The number of pyridine rings is 2. The maximum atomic E-state index is 9.51. The van der Waals surface area contributed by atoms with Crippen molar-refractivity contribution < 1.29 is 4.74 Å². The molecule has 1 aromatic carbocycles. The first-order valence-corrected chi connectivity index (χ1v) is 10.5. The van der Waals surface area contributed by atoms with E-state index < -0.39 is 0 Å². The number of nitrogens with one attached hydrogen (secondary N) is 1. The number of nitrogens with zero attached hydrogens (tertiary/aromatic N) is 6. The van der Waals surface area contributed by atoms with Gasteiger partial charge in [0.25, 0.3) is 0 Å². The van der Waals surface area contributed by atoms with Crippen molar-refractivity contribution >= 4 is 5.69 Å². The van der Waals surface area contributed by atoms with Gasteiger partial charge in [0.2, 0.25) is 11.7 Å². The van der Waals surface area contributed by atoms with Crippen molar-refractivity contribution in [2.24, 2.45) is 0 Å². The first-order chi connectivity index (χ1) is 16.3. The molecule has 0 aliphatic heterocycles. The number of anilines is 1. The van der Waals surface area contributed by atoms with Gasteiger partial charge in [0, 0.05) is 60.8 Å². The fourth-order valence-corrected chi connectivity index (χ4v) is 3.18. The van der Waals surface area contributed by atoms with E-state index in [0.29, 0.717) is 43.4 Å². The summed E-state index contributed by atoms with van der Waals surface area (Å²) in [5.41, 5.74) is 4.37. The molecular formula is C25H21N7O. The zero-order valence-corrected chi connectivity index (χ0v) is 17.8. The van der Waals surface area contributed by atoms with Gasteiger partial charge in [-0.05, 0) is 48.4 Å². The Bertz CT molecular complexity index is 1270. The minimum atomic E-state index is 0.315. The van der Waals surface area contributed by atoms with E-state index in [4.69, 9.17) is 10.00 Å². The highest BCUT2D eigenvalue weighted by Gasteiger charge is 2.11. The lowest BCUT2D eigenvalue weighted by molar-refractivity contribution is 0.300. The van der Waals surface area contributed by atoms with E-state index in [1.165, 1.54) is 0 Å². The topological polar surface area (TPSA) is 112 Å². The largest absolute Gasteiger partial charge is 0.478 e. The van der Waals surface area contributed by atoms with Crippen molar-refractivity contribution in [3.05, 3.63) is 84.7 Å². The Morgan fingerprint density at radius 2 is 1.91 bits per heavy atom. The summed E-state index contributed by atoms with van der Waals surface area (Å²) >= 11 is 0. The molecule has 3 heterocycles. The third kappa shape index (κ3) is 5.52. The van der Waals surface area contributed by atoms with Crippen LogP contribution in [0.5, 0.6) is 5.88 Å². The summed E-state index contributed by atoms with van der Waals surface area (Å²) in [6.07, 6.45) is 8.21. The second-order valence-corrected chi connectivity index (χ2v) is 7.19. The van der Waals surface area contributed by atoms with Crippen molar-refractivity contribution in [2.45, 2.75) is 19.4 Å². The molecule has 0 aliphatic rings. The van der Waals surface area contributed by atoms with Gasteiger partial charge in [0.05, 0.1) is 18.4 Å². The molecule has 0 unspecified atom stereocenters. The summed E-state index contributed by atoms with van der Waals surface area (Å²) < 4.78 is 7.28. The Balaban J connectivity index is 1.38. The molecule has 0 radical (unpaired) electrons. The molecule has 8 heteroatoms. The van der Waals surface area contributed by atoms with Crippen LogP contribution < -0.4 is 10.1 Å². The SMILES string of the molecule is N#CCCCOc1ccc(CNc2ccc(-n3cc(-c4cccnc4)nc3C#N)cc2)cn1. The number of hydrogen-bond donors (Lipinski definition) is 1. The van der Waals surface area contributed by atoms with Crippen LogP contribution in [0, 0.1) is 22.7 Å². The summed E-state index contributed by atoms with van der Waals surface area (Å²) in [7, 11) is 0. The van der Waals surface area contributed by atoms with E-state index in [1.54, 1.807) is 23.2 Å². The Morgan fingerprint density at radius 1 is 1.03 bits per heavy atom. The number of ether oxygens (including phenoxy) is 1. The van der Waals surface area contributed by atoms with Crippen LogP contribution >= 0.6 is 0 Å². The van der Waals surface area contributed by atoms with Crippen LogP contribution in [0.4, 0.5) is 5.69 Å². The lowest BCUT2D eigenvalue weighted by Crippen LogP contribution is -2.02. The Morgan fingerprint density at radius 3 is 2.61 bits per heavy atom. The van der Waals surface area contributed by atoms with Crippen LogP contribution in [0.3, 0.4) is 0 Å². The molecule has 0 bridgehead atoms. The number of hydrogen-bond acceptors (Lipinski definition) is 7. The van der Waals surface area contributed by atoms with Gasteiger partial charge in [0.1, 0.15) is 6.07 Å². The number of imidazole rings is 1. The molecule has 8 nitrogen and oxygen atoms in total. The monoisotopic (exact) mass is 435 g/mol. The summed E-state index contributed by atoms with van der Waals surface area (Å²) in [6.45, 7) is 1.10. The van der Waals surface area contributed by atoms with E-state index in [1.807, 2.05) is 54.7 Å². The molecule has 33 heavy (non-hydrogen) atoms. The molecule has 0 aliphatic carbocycles. The van der Waals surface area contributed by atoms with Crippen LogP contribution in [-0.4, -0.2) is 26.1 Å². The summed E-state index contributed by atoms with van der Waals surface area (Å²) in [5, 5.41) is 21.4. The molecule has 0 atom stereocenters. The maximum absolute atomic E-state index is 9.51. The highest BCUT2D eigenvalue weighted by Crippen LogP contribution is 2.22. The number of rotatable bonds is 9. The maximum Gasteiger partial charge on any atom is 0.217 e. The van der Waals surface area contributed by atoms with Gasteiger partial charge < -0.3 is 10.1 Å². The van der Waals surface area contributed by atoms with E-state index in [2.05, 4.69) is 32.4 Å². The van der Waals surface area contributed by atoms with Gasteiger partial charge in [-0.15, -0.1) is 0 Å². The lowest BCUT2D eigenvalue weighted by Gasteiger charge is -2.09. The minimum Gasteiger partial charge on any atom is -0.478 e. The van der Waals surface area contributed by atoms with Crippen LogP contribution in [0.15, 0.2) is 73.3 Å². The molecule has 3 aromatic heterocycles. The fourth-order valence-electron chi connectivity index (χ4n) is 3.18. The van der Waals surface area contributed by atoms with Crippen molar-refractivity contribution in [3.63, 3.8) is 0 Å². The van der Waals surface area contributed by atoms with Crippen LogP contribution in [0.2, 0.25) is 0 Å². The molecule has 0 saturated carbocycles. The Kier molecular flexibility index (Phi) is 6.89. The van der Waals surface area contributed by atoms with Gasteiger partial charge in [0.15, 0.2) is 0 Å². The summed E-state index contributed by atoms with van der Waals surface area (Å²) in [6, 6.07) is 19.6. The van der Waals surface area contributed by atoms with E-state index in [-0.39, 0.29) is 0 Å². The molecule has 4 rings (SSSR count). The van der Waals surface area contributed by atoms with Crippen molar-refractivity contribution in [2.75, 3.05) is 11.9 Å². The number of nitriles is 2. The average Bonchev–Trinajstić information content (AvgIpc) is 3.32. The summed E-state index contributed by atoms with van der Waals surface area (Å²) in [4.78, 5) is 12.8. The Hall–Kier alpha value is -4.69. The molecular weight excluding hydrogens is 414 g/mol. The first kappa shape index (κ1) is 21.5. The second kappa shape index (κ2) is 10.6. The van der Waals surface area contributed by atoms with E-state index in [9.17, 15) is 5.26 Å². The molecule has 162 valence electrons. The standard InChI is InChI=1S/C25H21N7O/c26-11-1-2-13-33-25-10-5-19(16-30-25)15-29-21-6-8-22(9-7-21)32-18-23(31-24(32)14-27)20-4-3-12-28-17-20/h3-10,12,16-18,29H,1-2,13,15H2. The molecule has 0 spiro atoms. The van der Waals surface area contributed by atoms with Crippen molar-refractivity contribution in [1.29, 1.82) is 10.5 Å². The third-order valence-corrected chi connectivity index (χ3v) is 4.89. The predicted octanol–water partition coefficient (Wildman–Crippen LogP) is 4.50. The number of unbranched alkanes of at least 4 members (excludes halogenated alkanes) is 1. The van der Waals surface area contributed by atoms with Crippen LogP contribution in [0.25, 0.3) is 16.9 Å². The van der Waals surface area contributed by atoms with Gasteiger partial charge in [-0.3, -0.25) is 9.55 Å². The van der Waals surface area contributed by atoms with Gasteiger partial charge in [-0.2, -0.15) is 10.5 Å². The van der Waals surface area contributed by atoms with E-state index >= 15 is 0 Å². The van der Waals surface area contributed by atoms with Crippen LogP contribution in [-0.2, 0) is 6.54 Å². The third-order valence-electron chi connectivity index (χ3n) is 4.89. The van der Waals surface area contributed by atoms with Crippen molar-refractivity contribution in [3.8, 4) is 35.0 Å². The quantitative estimate of drug-likeness (QED) is 0.385. The molecule has 0 fully saturated rings. The smallest absolute Gasteiger partial charge is 0.217 e. The Labute approximate surface area is 191 Å². The summed E-state index contributed by atoms with van der Waals surface area (Å²) in [5.74, 6) is 0.871. The zero-order valence-electron chi connectivity index (χ0n) is 17.8. The molecule has 4 aromatic rings. The highest BCUT2D eigenvalue weighted by molar-refractivity contribution is 5.59.